The minimum absolute atomic E-state index is 0.0966. The van der Waals surface area contributed by atoms with Gasteiger partial charge in [0, 0.05) is 11.5 Å². The maximum absolute atomic E-state index is 13.1. The van der Waals surface area contributed by atoms with Gasteiger partial charge in [-0.05, 0) is 12.1 Å². The Morgan fingerprint density at radius 3 is 2.85 bits per heavy atom. The van der Waals surface area contributed by atoms with Crippen molar-refractivity contribution in [2.45, 2.75) is 0 Å². The summed E-state index contributed by atoms with van der Waals surface area (Å²) < 4.78 is 18.2. The number of carbonyl (C=O) groups is 1. The first-order valence-electron chi connectivity index (χ1n) is 3.46. The number of nitrogens with one attached hydrogen (secondary N) is 1. The summed E-state index contributed by atoms with van der Waals surface area (Å²) in [4.78, 5) is 10.1. The van der Waals surface area contributed by atoms with Crippen LogP contribution in [-0.4, -0.2) is 13.5 Å². The summed E-state index contributed by atoms with van der Waals surface area (Å²) in [6.07, 6.45) is 0. The summed E-state index contributed by atoms with van der Waals surface area (Å²) in [6, 6.07) is 2.83. The summed E-state index contributed by atoms with van der Waals surface area (Å²) in [5.41, 5.74) is 0.416. The fourth-order valence-corrected chi connectivity index (χ4v) is 1.34. The highest BCUT2D eigenvalue weighted by atomic mass is 79.9. The Hall–Kier alpha value is -1.10. The van der Waals surface area contributed by atoms with Crippen LogP contribution in [0.4, 0.5) is 10.1 Å². The normalized spacial score (nSPS) is 9.46. The summed E-state index contributed by atoms with van der Waals surface area (Å²) in [5, 5.41) is 2.71. The van der Waals surface area contributed by atoms with Crippen LogP contribution in [0.25, 0.3) is 0 Å². The molecule has 1 N–H and O–H groups in total. The molecule has 0 radical (unpaired) electrons. The van der Waals surface area contributed by atoms with Crippen LogP contribution in [0.15, 0.2) is 16.6 Å². The second kappa shape index (κ2) is 4.23. The fourth-order valence-electron chi connectivity index (χ4n) is 0.914. The molecule has 0 amide bonds. The first-order chi connectivity index (χ1) is 6.19. The van der Waals surface area contributed by atoms with Crippen molar-refractivity contribution < 1.29 is 13.9 Å². The number of anilines is 1. The van der Waals surface area contributed by atoms with Gasteiger partial charge in [-0.25, -0.2) is 4.39 Å². The molecule has 1 aromatic carbocycles. The highest BCUT2D eigenvalue weighted by Crippen LogP contribution is 2.30. The van der Waals surface area contributed by atoms with E-state index in [1.54, 1.807) is 13.1 Å². The van der Waals surface area contributed by atoms with Crippen LogP contribution in [0, 0.1) is 5.82 Å². The van der Waals surface area contributed by atoms with E-state index in [2.05, 4.69) is 26.0 Å². The average molecular weight is 248 g/mol. The lowest BCUT2D eigenvalue weighted by atomic mass is 10.3. The van der Waals surface area contributed by atoms with Crippen molar-refractivity contribution in [3.63, 3.8) is 0 Å². The first-order valence-corrected chi connectivity index (χ1v) is 4.25. The first kappa shape index (κ1) is 9.98. The number of ether oxygens (including phenoxy) is 1. The second-order valence-corrected chi connectivity index (χ2v) is 3.14. The molecule has 0 bridgehead atoms. The molecule has 13 heavy (non-hydrogen) atoms. The largest absolute Gasteiger partial charge is 0.423 e. The molecule has 5 heteroatoms. The van der Waals surface area contributed by atoms with E-state index in [-0.39, 0.29) is 12.2 Å². The molecule has 0 unspecified atom stereocenters. The van der Waals surface area contributed by atoms with E-state index in [4.69, 9.17) is 0 Å². The van der Waals surface area contributed by atoms with Gasteiger partial charge in [-0.1, -0.05) is 15.9 Å². The Morgan fingerprint density at radius 2 is 2.31 bits per heavy atom. The Morgan fingerprint density at radius 1 is 1.62 bits per heavy atom. The van der Waals surface area contributed by atoms with Gasteiger partial charge in [-0.15, -0.1) is 0 Å². The van der Waals surface area contributed by atoms with Crippen molar-refractivity contribution in [3.05, 3.63) is 22.4 Å². The van der Waals surface area contributed by atoms with Gasteiger partial charge in [0.2, 0.25) is 0 Å². The highest BCUT2D eigenvalue weighted by Gasteiger charge is 2.10. The van der Waals surface area contributed by atoms with Gasteiger partial charge in [0.05, 0.1) is 5.69 Å². The molecule has 70 valence electrons. The maximum atomic E-state index is 13.1. The third-order valence-corrected chi connectivity index (χ3v) is 1.90. The van der Waals surface area contributed by atoms with E-state index in [0.29, 0.717) is 10.2 Å². The Labute approximate surface area is 83.0 Å². The summed E-state index contributed by atoms with van der Waals surface area (Å²) in [6.45, 7) is 0.188. The molecule has 0 saturated carbocycles. The van der Waals surface area contributed by atoms with Crippen LogP contribution in [0.3, 0.4) is 0 Å². The van der Waals surface area contributed by atoms with E-state index in [9.17, 15) is 9.18 Å². The quantitative estimate of drug-likeness (QED) is 0.833. The predicted octanol–water partition coefficient (Wildman–Crippen LogP) is 2.17. The summed E-state index contributed by atoms with van der Waals surface area (Å²) in [7, 11) is 1.61. The lowest BCUT2D eigenvalue weighted by Crippen LogP contribution is -1.98. The molecule has 1 aromatic rings. The van der Waals surface area contributed by atoms with Gasteiger partial charge in [0.15, 0.2) is 11.6 Å². The van der Waals surface area contributed by atoms with Gasteiger partial charge in [-0.3, -0.25) is 4.79 Å². The molecule has 0 saturated heterocycles. The van der Waals surface area contributed by atoms with Crippen molar-refractivity contribution in [3.8, 4) is 5.75 Å². The third-order valence-electron chi connectivity index (χ3n) is 1.44. The zero-order valence-corrected chi connectivity index (χ0v) is 8.39. The van der Waals surface area contributed by atoms with Crippen LogP contribution in [0.1, 0.15) is 0 Å². The molecule has 0 aromatic heterocycles. The van der Waals surface area contributed by atoms with Gasteiger partial charge >= 0.3 is 0 Å². The molecule has 3 nitrogen and oxygen atoms in total. The zero-order valence-electron chi connectivity index (χ0n) is 6.80. The van der Waals surface area contributed by atoms with Crippen molar-refractivity contribution in [2.24, 2.45) is 0 Å². The Bertz CT molecular complexity index is 330. The lowest BCUT2D eigenvalue weighted by Gasteiger charge is -2.07. The van der Waals surface area contributed by atoms with Crippen molar-refractivity contribution in [1.29, 1.82) is 0 Å². The number of carbonyl (C=O) groups excluding carboxylic acids is 1. The van der Waals surface area contributed by atoms with Crippen molar-refractivity contribution in [2.75, 3.05) is 12.4 Å². The predicted molar refractivity (Wildman–Crippen MR) is 50.3 cm³/mol. The second-order valence-electron chi connectivity index (χ2n) is 2.23. The van der Waals surface area contributed by atoms with E-state index < -0.39 is 5.82 Å². The number of halogens is 2. The third kappa shape index (κ3) is 2.18. The molecule has 1 rings (SSSR count). The van der Waals surface area contributed by atoms with E-state index in [1.165, 1.54) is 6.07 Å². The molecule has 0 aliphatic rings. The van der Waals surface area contributed by atoms with Gasteiger partial charge in [-0.2, -0.15) is 0 Å². The SMILES string of the molecule is CNc1cc(Br)cc(F)c1OC=O. The lowest BCUT2D eigenvalue weighted by molar-refractivity contribution is -0.120. The molecule has 0 heterocycles. The molecule has 0 aliphatic heterocycles. The van der Waals surface area contributed by atoms with Crippen LogP contribution < -0.4 is 10.1 Å². The average Bonchev–Trinajstić information content (AvgIpc) is 2.09. The van der Waals surface area contributed by atoms with E-state index in [0.717, 1.165) is 0 Å². The topological polar surface area (TPSA) is 38.3 Å². The number of benzene rings is 1. The summed E-state index contributed by atoms with van der Waals surface area (Å²) in [5.74, 6) is -0.688. The fraction of sp³-hybridized carbons (Fsp3) is 0.125. The summed E-state index contributed by atoms with van der Waals surface area (Å²) >= 11 is 3.12. The smallest absolute Gasteiger partial charge is 0.298 e. The number of hydrogen-bond donors (Lipinski definition) is 1. The zero-order chi connectivity index (χ0) is 9.84. The van der Waals surface area contributed by atoms with Crippen LogP contribution >= 0.6 is 15.9 Å². The van der Waals surface area contributed by atoms with Crippen molar-refractivity contribution >= 4 is 28.1 Å². The van der Waals surface area contributed by atoms with Gasteiger partial charge < -0.3 is 10.1 Å². The van der Waals surface area contributed by atoms with Crippen molar-refractivity contribution in [1.82, 2.24) is 0 Å². The molecule has 0 atom stereocenters. The van der Waals surface area contributed by atoms with E-state index in [1.807, 2.05) is 0 Å². The number of rotatable bonds is 3. The molecular weight excluding hydrogens is 241 g/mol. The minimum atomic E-state index is -0.592. The Kier molecular flexibility index (Phi) is 3.25. The van der Waals surface area contributed by atoms with E-state index >= 15 is 0 Å². The molecule has 0 aliphatic carbocycles. The monoisotopic (exact) mass is 247 g/mol. The van der Waals surface area contributed by atoms with Gasteiger partial charge in [0.1, 0.15) is 0 Å². The van der Waals surface area contributed by atoms with Crippen LogP contribution in [-0.2, 0) is 4.79 Å². The standard InChI is InChI=1S/C8H7BrFNO2/c1-11-7-3-5(9)2-6(10)8(7)13-4-12/h2-4,11H,1H3. The van der Waals surface area contributed by atoms with Crippen LogP contribution in [0.2, 0.25) is 0 Å². The molecule has 0 fully saturated rings. The molecular formula is C8H7BrFNO2. The highest BCUT2D eigenvalue weighted by molar-refractivity contribution is 9.10. The van der Waals surface area contributed by atoms with Crippen LogP contribution in [0.5, 0.6) is 5.75 Å². The maximum Gasteiger partial charge on any atom is 0.298 e. The Balaban J connectivity index is 3.20. The minimum Gasteiger partial charge on any atom is -0.423 e. The number of hydrogen-bond acceptors (Lipinski definition) is 3. The molecule has 0 spiro atoms. The van der Waals surface area contributed by atoms with Gasteiger partial charge in [0.25, 0.3) is 6.47 Å².